The number of nitrogens with zero attached hydrogens (tertiary/aromatic N) is 2. The molecule has 2 heterocycles. The standard InChI is InChI=1S/C20H27FN4O.HI/c1-15-7-8-16(12-17(15)21)13-23-20(22-2)24-14-18(19-6-5-11-26-19)25-9-3-4-10-25;/h5-8,11-12,18H,3-4,9-10,13-14H2,1-2H3,(H2,22,23,24);1H. The SMILES string of the molecule is CN=C(NCc1ccc(C)c(F)c1)NCC(c1ccco1)N1CCCC1.I. The van der Waals surface area contributed by atoms with Gasteiger partial charge in [0.25, 0.3) is 0 Å². The maximum Gasteiger partial charge on any atom is 0.191 e. The van der Waals surface area contributed by atoms with Crippen LogP contribution in [0.25, 0.3) is 0 Å². The van der Waals surface area contributed by atoms with E-state index in [1.807, 2.05) is 18.2 Å². The Balaban J connectivity index is 0.00000261. The van der Waals surface area contributed by atoms with Gasteiger partial charge in [0, 0.05) is 20.1 Å². The maximum atomic E-state index is 13.7. The number of likely N-dealkylation sites (tertiary alicyclic amines) is 1. The first-order valence-corrected chi connectivity index (χ1v) is 9.14. The third kappa shape index (κ3) is 5.93. The van der Waals surface area contributed by atoms with Crippen molar-refractivity contribution in [2.24, 2.45) is 4.99 Å². The summed E-state index contributed by atoms with van der Waals surface area (Å²) in [6, 6.07) is 9.42. The van der Waals surface area contributed by atoms with Crippen molar-refractivity contribution >= 4 is 29.9 Å². The van der Waals surface area contributed by atoms with E-state index in [9.17, 15) is 4.39 Å². The topological polar surface area (TPSA) is 52.8 Å². The molecule has 27 heavy (non-hydrogen) atoms. The summed E-state index contributed by atoms with van der Waals surface area (Å²) < 4.78 is 19.3. The number of hydrogen-bond acceptors (Lipinski definition) is 3. The second kappa shape index (κ2) is 10.7. The molecular formula is C20H28FIN4O. The molecule has 7 heteroatoms. The average Bonchev–Trinajstić information content (AvgIpc) is 3.35. The average molecular weight is 486 g/mol. The Morgan fingerprint density at radius 3 is 2.67 bits per heavy atom. The molecule has 0 spiro atoms. The van der Waals surface area contributed by atoms with E-state index >= 15 is 0 Å². The highest BCUT2D eigenvalue weighted by Crippen LogP contribution is 2.24. The molecule has 5 nitrogen and oxygen atoms in total. The molecule has 1 aliphatic rings. The zero-order chi connectivity index (χ0) is 18.4. The van der Waals surface area contributed by atoms with Crippen LogP contribution in [-0.4, -0.2) is 37.5 Å². The number of aliphatic imine (C=N–C) groups is 1. The van der Waals surface area contributed by atoms with E-state index in [0.717, 1.165) is 24.4 Å². The lowest BCUT2D eigenvalue weighted by Gasteiger charge is -2.26. The van der Waals surface area contributed by atoms with Gasteiger partial charge in [-0.3, -0.25) is 9.89 Å². The molecular weight excluding hydrogens is 458 g/mol. The minimum absolute atomic E-state index is 0. The molecule has 2 aromatic rings. The van der Waals surface area contributed by atoms with Gasteiger partial charge < -0.3 is 15.1 Å². The van der Waals surface area contributed by atoms with E-state index in [0.29, 0.717) is 24.6 Å². The number of furan rings is 1. The molecule has 3 rings (SSSR count). The van der Waals surface area contributed by atoms with Crippen LogP contribution >= 0.6 is 24.0 Å². The Kier molecular flexibility index (Phi) is 8.56. The van der Waals surface area contributed by atoms with Gasteiger partial charge in [-0.2, -0.15) is 0 Å². The van der Waals surface area contributed by atoms with Gasteiger partial charge in [-0.1, -0.05) is 12.1 Å². The molecule has 1 aromatic heterocycles. The monoisotopic (exact) mass is 486 g/mol. The summed E-state index contributed by atoms with van der Waals surface area (Å²) in [5.41, 5.74) is 1.54. The smallest absolute Gasteiger partial charge is 0.191 e. The minimum atomic E-state index is -0.181. The van der Waals surface area contributed by atoms with Crippen LogP contribution in [0.15, 0.2) is 46.0 Å². The highest BCUT2D eigenvalue weighted by atomic mass is 127. The molecule has 2 N–H and O–H groups in total. The Bertz CT molecular complexity index is 730. The molecule has 1 fully saturated rings. The molecule has 1 atom stereocenters. The van der Waals surface area contributed by atoms with Crippen molar-refractivity contribution < 1.29 is 8.81 Å². The summed E-state index contributed by atoms with van der Waals surface area (Å²) in [6.07, 6.45) is 4.17. The van der Waals surface area contributed by atoms with E-state index < -0.39 is 0 Å². The number of hydrogen-bond donors (Lipinski definition) is 2. The lowest BCUT2D eigenvalue weighted by atomic mass is 10.1. The van der Waals surface area contributed by atoms with Crippen LogP contribution < -0.4 is 10.6 Å². The van der Waals surface area contributed by atoms with E-state index in [-0.39, 0.29) is 35.8 Å². The molecule has 0 amide bonds. The molecule has 0 aliphatic carbocycles. The number of rotatable bonds is 6. The van der Waals surface area contributed by atoms with Crippen molar-refractivity contribution in [1.29, 1.82) is 0 Å². The fourth-order valence-electron chi connectivity index (χ4n) is 3.29. The Morgan fingerprint density at radius 2 is 2.04 bits per heavy atom. The molecule has 0 saturated carbocycles. The van der Waals surface area contributed by atoms with E-state index in [2.05, 4.69) is 20.5 Å². The van der Waals surface area contributed by atoms with E-state index in [4.69, 9.17) is 4.42 Å². The normalized spacial score (nSPS) is 16.0. The third-order valence-corrected chi connectivity index (χ3v) is 4.84. The van der Waals surface area contributed by atoms with Crippen molar-refractivity contribution in [3.63, 3.8) is 0 Å². The fraction of sp³-hybridized carbons (Fsp3) is 0.450. The maximum absolute atomic E-state index is 13.7. The number of nitrogens with one attached hydrogen (secondary N) is 2. The quantitative estimate of drug-likeness (QED) is 0.370. The number of guanidine groups is 1. The summed E-state index contributed by atoms with van der Waals surface area (Å²) in [5.74, 6) is 1.48. The van der Waals surface area contributed by atoms with Crippen molar-refractivity contribution in [1.82, 2.24) is 15.5 Å². The predicted octanol–water partition coefficient (Wildman–Crippen LogP) is 3.85. The lowest BCUT2D eigenvalue weighted by molar-refractivity contribution is 0.215. The predicted molar refractivity (Wildman–Crippen MR) is 117 cm³/mol. The Morgan fingerprint density at radius 1 is 1.26 bits per heavy atom. The van der Waals surface area contributed by atoms with Crippen LogP contribution in [0.3, 0.4) is 0 Å². The highest BCUT2D eigenvalue weighted by Gasteiger charge is 2.25. The van der Waals surface area contributed by atoms with Gasteiger partial charge in [-0.05, 0) is 62.2 Å². The van der Waals surface area contributed by atoms with Gasteiger partial charge in [0.1, 0.15) is 11.6 Å². The summed E-state index contributed by atoms with van der Waals surface area (Å²) in [7, 11) is 1.74. The van der Waals surface area contributed by atoms with Gasteiger partial charge in [-0.15, -0.1) is 24.0 Å². The summed E-state index contributed by atoms with van der Waals surface area (Å²) in [5, 5.41) is 6.62. The van der Waals surface area contributed by atoms with E-state index in [1.165, 1.54) is 12.8 Å². The Labute approximate surface area is 177 Å². The van der Waals surface area contributed by atoms with Gasteiger partial charge in [0.15, 0.2) is 5.96 Å². The second-order valence-electron chi connectivity index (χ2n) is 6.66. The number of halogens is 2. The van der Waals surface area contributed by atoms with Gasteiger partial charge in [0.05, 0.1) is 12.3 Å². The minimum Gasteiger partial charge on any atom is -0.468 e. The molecule has 1 aliphatic heterocycles. The fourth-order valence-corrected chi connectivity index (χ4v) is 3.29. The summed E-state index contributed by atoms with van der Waals surface area (Å²) in [6.45, 7) is 5.16. The van der Waals surface area contributed by atoms with Gasteiger partial charge in [0.2, 0.25) is 0 Å². The van der Waals surface area contributed by atoms with Crippen LogP contribution in [0.4, 0.5) is 4.39 Å². The summed E-state index contributed by atoms with van der Waals surface area (Å²) in [4.78, 5) is 6.71. The van der Waals surface area contributed by atoms with Crippen LogP contribution in [0.1, 0.15) is 35.8 Å². The van der Waals surface area contributed by atoms with E-state index in [1.54, 1.807) is 32.4 Å². The van der Waals surface area contributed by atoms with Gasteiger partial charge >= 0.3 is 0 Å². The van der Waals surface area contributed by atoms with Crippen molar-refractivity contribution in [3.8, 4) is 0 Å². The molecule has 0 radical (unpaired) electrons. The molecule has 0 bridgehead atoms. The first-order valence-electron chi connectivity index (χ1n) is 9.14. The number of aryl methyl sites for hydroxylation is 1. The zero-order valence-electron chi connectivity index (χ0n) is 15.9. The van der Waals surface area contributed by atoms with Gasteiger partial charge in [-0.25, -0.2) is 4.39 Å². The molecule has 1 aromatic carbocycles. The summed E-state index contributed by atoms with van der Waals surface area (Å²) >= 11 is 0. The van der Waals surface area contributed by atoms with Crippen LogP contribution in [0, 0.1) is 12.7 Å². The molecule has 1 saturated heterocycles. The van der Waals surface area contributed by atoms with Crippen molar-refractivity contribution in [2.75, 3.05) is 26.7 Å². The molecule has 1 unspecified atom stereocenters. The lowest BCUT2D eigenvalue weighted by Crippen LogP contribution is -2.42. The van der Waals surface area contributed by atoms with Crippen LogP contribution in [-0.2, 0) is 6.54 Å². The van der Waals surface area contributed by atoms with Crippen LogP contribution in [0.2, 0.25) is 0 Å². The first-order chi connectivity index (χ1) is 12.7. The Hall–Kier alpha value is -1.61. The number of benzene rings is 1. The van der Waals surface area contributed by atoms with Crippen LogP contribution in [0.5, 0.6) is 0 Å². The third-order valence-electron chi connectivity index (χ3n) is 4.84. The second-order valence-corrected chi connectivity index (χ2v) is 6.66. The zero-order valence-corrected chi connectivity index (χ0v) is 18.2. The highest BCUT2D eigenvalue weighted by molar-refractivity contribution is 14.0. The van der Waals surface area contributed by atoms with Crippen molar-refractivity contribution in [3.05, 3.63) is 59.3 Å². The largest absolute Gasteiger partial charge is 0.468 e. The first kappa shape index (κ1) is 21.7. The van der Waals surface area contributed by atoms with Crippen molar-refractivity contribution in [2.45, 2.75) is 32.4 Å². The molecule has 148 valence electrons.